The minimum absolute atomic E-state index is 0.0805. The summed E-state index contributed by atoms with van der Waals surface area (Å²) in [5, 5.41) is 22.4. The standard InChI is InChI=1S/C12H23N3O5/c1-8(7-15(2)3)13-12(20)14-9(11(18)19)5-4-6-10(16)17/h8-9H,4-7H2,1-3H3,(H,16,17)(H,18,19)(H2,13,14,20)/t8?,9-/m1/s1. The summed E-state index contributed by atoms with van der Waals surface area (Å²) in [7, 11) is 3.73. The molecule has 0 saturated heterocycles. The molecule has 0 bridgehead atoms. The molecule has 2 amide bonds. The summed E-state index contributed by atoms with van der Waals surface area (Å²) in [6.07, 6.45) is 0.154. The number of urea groups is 1. The molecule has 1 unspecified atom stereocenters. The molecule has 4 N–H and O–H groups in total. The average Bonchev–Trinajstić information content (AvgIpc) is 2.25. The molecule has 2 atom stereocenters. The minimum atomic E-state index is -1.18. The Hall–Kier alpha value is -1.83. The van der Waals surface area contributed by atoms with Gasteiger partial charge in [-0.2, -0.15) is 0 Å². The molecule has 8 heteroatoms. The summed E-state index contributed by atoms with van der Waals surface area (Å²) in [4.78, 5) is 34.9. The molecule has 0 heterocycles. The summed E-state index contributed by atoms with van der Waals surface area (Å²) in [5.74, 6) is -2.16. The van der Waals surface area contributed by atoms with Crippen molar-refractivity contribution >= 4 is 18.0 Å². The maximum Gasteiger partial charge on any atom is 0.326 e. The number of nitrogens with one attached hydrogen (secondary N) is 2. The van der Waals surface area contributed by atoms with Gasteiger partial charge in [-0.05, 0) is 33.9 Å². The zero-order valence-electron chi connectivity index (χ0n) is 12.0. The smallest absolute Gasteiger partial charge is 0.326 e. The number of hydrogen-bond acceptors (Lipinski definition) is 4. The van der Waals surface area contributed by atoms with E-state index in [2.05, 4.69) is 10.6 Å². The Bertz CT molecular complexity index is 346. The van der Waals surface area contributed by atoms with Crippen molar-refractivity contribution in [1.82, 2.24) is 15.5 Å². The number of aliphatic carboxylic acids is 2. The molecule has 8 nitrogen and oxygen atoms in total. The summed E-state index contributed by atoms with van der Waals surface area (Å²) in [6.45, 7) is 2.43. The van der Waals surface area contributed by atoms with Gasteiger partial charge >= 0.3 is 18.0 Å². The summed E-state index contributed by atoms with van der Waals surface area (Å²) in [5.41, 5.74) is 0. The van der Waals surface area contributed by atoms with Crippen LogP contribution in [0.3, 0.4) is 0 Å². The van der Waals surface area contributed by atoms with Crippen LogP contribution in [0.4, 0.5) is 4.79 Å². The quantitative estimate of drug-likeness (QED) is 0.472. The van der Waals surface area contributed by atoms with Crippen LogP contribution < -0.4 is 10.6 Å². The molecule has 0 rings (SSSR count). The number of carbonyl (C=O) groups excluding carboxylic acids is 1. The first-order valence-corrected chi connectivity index (χ1v) is 6.38. The first kappa shape index (κ1) is 18.2. The van der Waals surface area contributed by atoms with Crippen molar-refractivity contribution < 1.29 is 24.6 Å². The van der Waals surface area contributed by atoms with Gasteiger partial charge < -0.3 is 25.7 Å². The van der Waals surface area contributed by atoms with Crippen LogP contribution in [0, 0.1) is 0 Å². The molecular weight excluding hydrogens is 266 g/mol. The molecule has 0 aliphatic rings. The largest absolute Gasteiger partial charge is 0.481 e. The van der Waals surface area contributed by atoms with Crippen LogP contribution >= 0.6 is 0 Å². The fourth-order valence-corrected chi connectivity index (χ4v) is 1.73. The molecule has 0 aromatic heterocycles. The van der Waals surface area contributed by atoms with E-state index in [9.17, 15) is 14.4 Å². The van der Waals surface area contributed by atoms with Crippen LogP contribution in [-0.4, -0.2) is 65.8 Å². The lowest BCUT2D eigenvalue weighted by Crippen LogP contribution is -2.50. The monoisotopic (exact) mass is 289 g/mol. The molecule has 116 valence electrons. The molecule has 0 aliphatic heterocycles. The molecule has 0 aliphatic carbocycles. The van der Waals surface area contributed by atoms with Gasteiger partial charge in [-0.15, -0.1) is 0 Å². The second-order valence-electron chi connectivity index (χ2n) is 4.96. The third-order valence-electron chi connectivity index (χ3n) is 2.50. The lowest BCUT2D eigenvalue weighted by atomic mass is 10.1. The first-order valence-electron chi connectivity index (χ1n) is 6.38. The van der Waals surface area contributed by atoms with Crippen LogP contribution in [0.5, 0.6) is 0 Å². The molecule has 20 heavy (non-hydrogen) atoms. The van der Waals surface area contributed by atoms with Crippen molar-refractivity contribution in [2.45, 2.75) is 38.3 Å². The third kappa shape index (κ3) is 9.15. The predicted molar refractivity (Wildman–Crippen MR) is 72.6 cm³/mol. The van der Waals surface area contributed by atoms with Crippen LogP contribution in [0.15, 0.2) is 0 Å². The van der Waals surface area contributed by atoms with E-state index in [-0.39, 0.29) is 25.3 Å². The maximum atomic E-state index is 11.6. The number of likely N-dealkylation sites (N-methyl/N-ethyl adjacent to an activating group) is 1. The van der Waals surface area contributed by atoms with E-state index in [0.29, 0.717) is 6.54 Å². The molecule has 0 radical (unpaired) electrons. The zero-order chi connectivity index (χ0) is 15.7. The molecule has 0 spiro atoms. The van der Waals surface area contributed by atoms with E-state index >= 15 is 0 Å². The van der Waals surface area contributed by atoms with Crippen LogP contribution in [0.2, 0.25) is 0 Å². The lowest BCUT2D eigenvalue weighted by Gasteiger charge is -2.20. The highest BCUT2D eigenvalue weighted by atomic mass is 16.4. The van der Waals surface area contributed by atoms with E-state index < -0.39 is 24.0 Å². The highest BCUT2D eigenvalue weighted by Gasteiger charge is 2.20. The van der Waals surface area contributed by atoms with Gasteiger partial charge in [0.2, 0.25) is 0 Å². The maximum absolute atomic E-state index is 11.6. The molecule has 0 aromatic carbocycles. The SMILES string of the molecule is CC(CN(C)C)NC(=O)N[C@H](CCCC(=O)O)C(=O)O. The van der Waals surface area contributed by atoms with Gasteiger partial charge in [0.25, 0.3) is 0 Å². The Morgan fingerprint density at radius 1 is 1.15 bits per heavy atom. The zero-order valence-corrected chi connectivity index (χ0v) is 12.0. The number of nitrogens with zero attached hydrogens (tertiary/aromatic N) is 1. The fraction of sp³-hybridized carbons (Fsp3) is 0.750. The molecule has 0 saturated carbocycles. The van der Waals surface area contributed by atoms with Gasteiger partial charge in [0, 0.05) is 19.0 Å². The number of hydrogen-bond donors (Lipinski definition) is 4. The summed E-state index contributed by atoms with van der Waals surface area (Å²) < 4.78 is 0. The summed E-state index contributed by atoms with van der Waals surface area (Å²) >= 11 is 0. The molecular formula is C12H23N3O5. The Morgan fingerprint density at radius 2 is 1.75 bits per heavy atom. The highest BCUT2D eigenvalue weighted by molar-refractivity contribution is 5.82. The van der Waals surface area contributed by atoms with Crippen LogP contribution in [0.25, 0.3) is 0 Å². The van der Waals surface area contributed by atoms with E-state index in [4.69, 9.17) is 10.2 Å². The van der Waals surface area contributed by atoms with E-state index in [1.54, 1.807) is 6.92 Å². The van der Waals surface area contributed by atoms with Gasteiger partial charge in [-0.25, -0.2) is 9.59 Å². The number of amides is 2. The minimum Gasteiger partial charge on any atom is -0.481 e. The van der Waals surface area contributed by atoms with Crippen LogP contribution in [0.1, 0.15) is 26.2 Å². The first-order chi connectivity index (χ1) is 9.22. The van der Waals surface area contributed by atoms with E-state index in [1.165, 1.54) is 0 Å². The number of carboxylic acid groups (broad SMARTS) is 2. The normalized spacial score (nSPS) is 13.6. The molecule has 0 fully saturated rings. The second-order valence-corrected chi connectivity index (χ2v) is 4.96. The van der Waals surface area contributed by atoms with Gasteiger partial charge in [0.1, 0.15) is 6.04 Å². The van der Waals surface area contributed by atoms with Crippen molar-refractivity contribution in [2.24, 2.45) is 0 Å². The number of carboxylic acids is 2. The van der Waals surface area contributed by atoms with E-state index in [1.807, 2.05) is 19.0 Å². The Kier molecular flexibility index (Phi) is 8.30. The highest BCUT2D eigenvalue weighted by Crippen LogP contribution is 2.02. The van der Waals surface area contributed by atoms with Gasteiger partial charge in [-0.1, -0.05) is 0 Å². The fourth-order valence-electron chi connectivity index (χ4n) is 1.73. The third-order valence-corrected chi connectivity index (χ3v) is 2.50. The number of rotatable bonds is 9. The van der Waals surface area contributed by atoms with Gasteiger partial charge in [0.15, 0.2) is 0 Å². The predicted octanol–water partition coefficient (Wildman–Crippen LogP) is -0.0562. The van der Waals surface area contributed by atoms with Crippen molar-refractivity contribution in [2.75, 3.05) is 20.6 Å². The van der Waals surface area contributed by atoms with Gasteiger partial charge in [-0.3, -0.25) is 4.79 Å². The second kappa shape index (κ2) is 9.13. The van der Waals surface area contributed by atoms with Crippen molar-refractivity contribution in [1.29, 1.82) is 0 Å². The van der Waals surface area contributed by atoms with Crippen molar-refractivity contribution in [3.63, 3.8) is 0 Å². The summed E-state index contributed by atoms with van der Waals surface area (Å²) in [6, 6.07) is -1.78. The van der Waals surface area contributed by atoms with E-state index in [0.717, 1.165) is 0 Å². The number of carbonyl (C=O) groups is 3. The lowest BCUT2D eigenvalue weighted by molar-refractivity contribution is -0.140. The Labute approximate surface area is 118 Å². The Balaban J connectivity index is 4.20. The topological polar surface area (TPSA) is 119 Å². The molecule has 0 aromatic rings. The Morgan fingerprint density at radius 3 is 2.20 bits per heavy atom. The average molecular weight is 289 g/mol. The van der Waals surface area contributed by atoms with Gasteiger partial charge in [0.05, 0.1) is 0 Å². The van der Waals surface area contributed by atoms with Crippen molar-refractivity contribution in [3.8, 4) is 0 Å². The van der Waals surface area contributed by atoms with Crippen molar-refractivity contribution in [3.05, 3.63) is 0 Å². The van der Waals surface area contributed by atoms with Crippen LogP contribution in [-0.2, 0) is 9.59 Å².